The van der Waals surface area contributed by atoms with Crippen molar-refractivity contribution in [2.24, 2.45) is 0 Å². The summed E-state index contributed by atoms with van der Waals surface area (Å²) in [5.74, 6) is 0.715. The highest BCUT2D eigenvalue weighted by atomic mass is 28.4. The van der Waals surface area contributed by atoms with Crippen molar-refractivity contribution in [3.05, 3.63) is 48.5 Å². The van der Waals surface area contributed by atoms with Crippen LogP contribution in [0.3, 0.4) is 0 Å². The molecule has 3 heterocycles. The van der Waals surface area contributed by atoms with Gasteiger partial charge in [-0.15, -0.1) is 0 Å². The van der Waals surface area contributed by atoms with Gasteiger partial charge in [0.15, 0.2) is 33.6 Å². The van der Waals surface area contributed by atoms with Gasteiger partial charge in [0, 0.05) is 13.0 Å². The Morgan fingerprint density at radius 3 is 2.26 bits per heavy atom. The first-order chi connectivity index (χ1) is 18.1. The number of rotatable bonds is 9. The number of hydrogen-bond donors (Lipinski definition) is 1. The van der Waals surface area contributed by atoms with Crippen LogP contribution in [-0.2, 0) is 20.1 Å². The molecule has 0 saturated carbocycles. The Morgan fingerprint density at radius 2 is 1.62 bits per heavy atom. The van der Waals surface area contributed by atoms with Crippen molar-refractivity contribution in [3.63, 3.8) is 0 Å². The molecule has 0 aliphatic carbocycles. The fraction of sp³-hybridized carbons (Fsp3) is 0.621. The molecule has 3 aromatic rings. The maximum atomic E-state index is 6.95. The van der Waals surface area contributed by atoms with Crippen molar-refractivity contribution >= 4 is 33.6 Å². The van der Waals surface area contributed by atoms with Crippen LogP contribution in [0.15, 0.2) is 43.0 Å². The van der Waals surface area contributed by atoms with Crippen LogP contribution in [0.25, 0.3) is 11.2 Å². The zero-order valence-corrected chi connectivity index (χ0v) is 27.4. The van der Waals surface area contributed by atoms with E-state index in [-0.39, 0.29) is 28.5 Å². The number of nitrogens with zero attached hydrogens (tertiary/aromatic N) is 4. The fourth-order valence-corrected chi connectivity index (χ4v) is 6.55. The Kier molecular flexibility index (Phi) is 8.45. The molecule has 0 radical (unpaired) electrons. The number of fused-ring (bicyclic) bond motifs is 1. The number of imidazole rings is 1. The second-order valence-corrected chi connectivity index (χ2v) is 23.3. The molecule has 1 saturated heterocycles. The number of anilines is 1. The molecule has 1 N–H and O–H groups in total. The van der Waals surface area contributed by atoms with E-state index >= 15 is 0 Å². The number of nitrogens with one attached hydrogen (secondary N) is 1. The highest BCUT2D eigenvalue weighted by Crippen LogP contribution is 2.43. The summed E-state index contributed by atoms with van der Waals surface area (Å²) in [5, 5.41) is 3.65. The van der Waals surface area contributed by atoms with Crippen LogP contribution >= 0.6 is 0 Å². The zero-order valence-electron chi connectivity index (χ0n) is 25.4. The highest BCUT2D eigenvalue weighted by molar-refractivity contribution is 6.74. The fourth-order valence-electron chi connectivity index (χ4n) is 4.18. The summed E-state index contributed by atoms with van der Waals surface area (Å²) in [6.45, 7) is 24.0. The molecular formula is C29H47N5O3Si2. The molecule has 10 heteroatoms. The lowest BCUT2D eigenvalue weighted by Gasteiger charge is -2.40. The molecule has 0 bridgehead atoms. The minimum atomic E-state index is -2.03. The summed E-state index contributed by atoms with van der Waals surface area (Å²) in [5.41, 5.74) is 2.67. The smallest absolute Gasteiger partial charge is 0.192 e. The molecule has 1 aliphatic rings. The van der Waals surface area contributed by atoms with Gasteiger partial charge in [0.25, 0.3) is 0 Å². The standard InChI is InChI=1S/C29H47N5O3Si2/c1-28(2,3)38(7,8)35-18-23-22(37-39(9,10)29(4,5)6)16-24(36-23)34-20-33-25-26(31-19-32-27(25)34)30-17-21-14-12-11-13-15-21/h11-15,19-20,22-24H,16-18H2,1-10H3,(H,30,31,32)/t22?,23-,24-/m1/s1. The van der Waals surface area contributed by atoms with E-state index in [1.165, 1.54) is 5.56 Å². The number of ether oxygens (including phenoxy) is 1. The van der Waals surface area contributed by atoms with Gasteiger partial charge < -0.3 is 18.9 Å². The van der Waals surface area contributed by atoms with Crippen molar-refractivity contribution in [1.29, 1.82) is 0 Å². The average molecular weight is 570 g/mol. The van der Waals surface area contributed by atoms with Crippen molar-refractivity contribution in [2.45, 2.75) is 109 Å². The van der Waals surface area contributed by atoms with Crippen molar-refractivity contribution in [3.8, 4) is 0 Å². The van der Waals surface area contributed by atoms with Gasteiger partial charge in [-0.1, -0.05) is 71.9 Å². The van der Waals surface area contributed by atoms with Crippen LogP contribution in [0.5, 0.6) is 0 Å². The second kappa shape index (κ2) is 11.0. The van der Waals surface area contributed by atoms with E-state index in [1.54, 1.807) is 6.33 Å². The molecule has 0 amide bonds. The Hall–Kier alpha value is -2.12. The van der Waals surface area contributed by atoms with Crippen LogP contribution in [0, 0.1) is 0 Å². The predicted molar refractivity (Wildman–Crippen MR) is 163 cm³/mol. The van der Waals surface area contributed by atoms with Crippen LogP contribution in [0.1, 0.15) is 59.8 Å². The van der Waals surface area contributed by atoms with Crippen LogP contribution in [0.4, 0.5) is 5.82 Å². The largest absolute Gasteiger partial charge is 0.414 e. The molecule has 2 aromatic heterocycles. The lowest BCUT2D eigenvalue weighted by Crippen LogP contribution is -2.48. The minimum absolute atomic E-state index is 0.0596. The third kappa shape index (κ3) is 6.62. The summed E-state index contributed by atoms with van der Waals surface area (Å²) >= 11 is 0. The molecule has 4 rings (SSSR count). The van der Waals surface area contributed by atoms with E-state index in [2.05, 4.69) is 95.1 Å². The van der Waals surface area contributed by atoms with E-state index in [9.17, 15) is 0 Å². The third-order valence-corrected chi connectivity index (χ3v) is 17.8. The van der Waals surface area contributed by atoms with Gasteiger partial charge in [-0.25, -0.2) is 15.0 Å². The maximum Gasteiger partial charge on any atom is 0.192 e. The third-order valence-electron chi connectivity index (χ3n) is 8.82. The summed E-state index contributed by atoms with van der Waals surface area (Å²) in [7, 11) is -3.97. The number of hydrogen-bond acceptors (Lipinski definition) is 7. The molecule has 1 aromatic carbocycles. The van der Waals surface area contributed by atoms with E-state index in [4.69, 9.17) is 18.6 Å². The van der Waals surface area contributed by atoms with E-state index in [0.29, 0.717) is 19.0 Å². The maximum absolute atomic E-state index is 6.95. The zero-order chi connectivity index (χ0) is 28.6. The van der Waals surface area contributed by atoms with Crippen molar-refractivity contribution in [2.75, 3.05) is 11.9 Å². The van der Waals surface area contributed by atoms with Gasteiger partial charge in [-0.2, -0.15) is 0 Å². The molecule has 214 valence electrons. The molecule has 0 spiro atoms. The quantitative estimate of drug-likeness (QED) is 0.274. The van der Waals surface area contributed by atoms with Gasteiger partial charge in [-0.3, -0.25) is 4.57 Å². The number of benzene rings is 1. The lowest BCUT2D eigenvalue weighted by atomic mass is 10.2. The average Bonchev–Trinajstić information content (AvgIpc) is 3.44. The topological polar surface area (TPSA) is 83.3 Å². The van der Waals surface area contributed by atoms with Crippen molar-refractivity contribution in [1.82, 2.24) is 19.5 Å². The molecule has 3 atom stereocenters. The van der Waals surface area contributed by atoms with Crippen LogP contribution < -0.4 is 5.32 Å². The lowest BCUT2D eigenvalue weighted by molar-refractivity contribution is -0.0383. The van der Waals surface area contributed by atoms with Crippen LogP contribution in [-0.4, -0.2) is 55.0 Å². The van der Waals surface area contributed by atoms with Gasteiger partial charge in [0.1, 0.15) is 18.7 Å². The normalized spacial score (nSPS) is 21.0. The summed E-state index contributed by atoms with van der Waals surface area (Å²) in [6.07, 6.45) is 3.67. The number of aromatic nitrogens is 4. The Morgan fingerprint density at radius 1 is 0.949 bits per heavy atom. The first-order valence-electron chi connectivity index (χ1n) is 14.0. The molecule has 1 unspecified atom stereocenters. The monoisotopic (exact) mass is 569 g/mol. The Bertz CT molecular complexity index is 1250. The van der Waals surface area contributed by atoms with Gasteiger partial charge >= 0.3 is 0 Å². The molecule has 8 nitrogen and oxygen atoms in total. The summed E-state index contributed by atoms with van der Waals surface area (Å²) in [6, 6.07) is 10.3. The molecular weight excluding hydrogens is 523 g/mol. The Labute approximate surface area is 236 Å². The second-order valence-electron chi connectivity index (χ2n) is 13.7. The first kappa shape index (κ1) is 29.9. The van der Waals surface area contributed by atoms with E-state index in [0.717, 1.165) is 17.6 Å². The highest BCUT2D eigenvalue weighted by Gasteiger charge is 2.46. The minimum Gasteiger partial charge on any atom is -0.414 e. The molecule has 39 heavy (non-hydrogen) atoms. The predicted octanol–water partition coefficient (Wildman–Crippen LogP) is 7.14. The van der Waals surface area contributed by atoms with E-state index < -0.39 is 16.6 Å². The van der Waals surface area contributed by atoms with Crippen molar-refractivity contribution < 1.29 is 13.6 Å². The first-order valence-corrected chi connectivity index (χ1v) is 19.8. The van der Waals surface area contributed by atoms with Gasteiger partial charge in [-0.05, 0) is 41.8 Å². The molecule has 1 fully saturated rings. The van der Waals surface area contributed by atoms with Crippen LogP contribution in [0.2, 0.25) is 36.3 Å². The summed E-state index contributed by atoms with van der Waals surface area (Å²) in [4.78, 5) is 13.8. The molecule has 1 aliphatic heterocycles. The van der Waals surface area contributed by atoms with Gasteiger partial charge in [0.05, 0.1) is 19.0 Å². The SMILES string of the molecule is CC(C)(C)[Si](C)(C)OC[C@H]1O[C@@H](n2cnc3c(NCc4ccccc4)ncnc32)CC1O[Si](C)(C)C(C)(C)C. The Balaban J connectivity index is 1.57. The van der Waals surface area contributed by atoms with Gasteiger partial charge in [0.2, 0.25) is 0 Å². The van der Waals surface area contributed by atoms with E-state index in [1.807, 2.05) is 29.1 Å². The summed E-state index contributed by atoms with van der Waals surface area (Å²) < 4.78 is 22.3.